The number of hydrogen-bond donors (Lipinski definition) is 1. The lowest BCUT2D eigenvalue weighted by Gasteiger charge is -2.38. The van der Waals surface area contributed by atoms with Gasteiger partial charge in [-0.3, -0.25) is 0 Å². The van der Waals surface area contributed by atoms with Crippen molar-refractivity contribution in [2.24, 2.45) is 35.3 Å². The van der Waals surface area contributed by atoms with Crippen LogP contribution in [0.5, 0.6) is 0 Å². The van der Waals surface area contributed by atoms with Gasteiger partial charge < -0.3 is 5.73 Å². The Bertz CT molecular complexity index is 370. The molecule has 6 atom stereocenters. The molecule has 2 N–H and O–H groups in total. The summed E-state index contributed by atoms with van der Waals surface area (Å²) in [5.41, 5.74) is 7.83. The van der Waals surface area contributed by atoms with Gasteiger partial charge in [-0.1, -0.05) is 45.1 Å². The molecule has 120 valence electrons. The van der Waals surface area contributed by atoms with Crippen LogP contribution in [0.1, 0.15) is 65.7 Å². The first-order valence-corrected chi connectivity index (χ1v) is 9.07. The molecule has 2 aliphatic rings. The van der Waals surface area contributed by atoms with Gasteiger partial charge in [-0.25, -0.2) is 0 Å². The van der Waals surface area contributed by atoms with Gasteiger partial charge in [0.05, 0.1) is 0 Å². The molecular weight excluding hydrogens is 254 g/mol. The van der Waals surface area contributed by atoms with Crippen molar-refractivity contribution in [1.29, 1.82) is 0 Å². The van der Waals surface area contributed by atoms with Crippen LogP contribution in [0.4, 0.5) is 0 Å². The number of rotatable bonds is 5. The normalized spacial score (nSPS) is 40.2. The average molecular weight is 290 g/mol. The third-order valence-corrected chi connectivity index (χ3v) is 6.27. The second-order valence-corrected chi connectivity index (χ2v) is 7.93. The van der Waals surface area contributed by atoms with Gasteiger partial charge >= 0.3 is 0 Å². The van der Waals surface area contributed by atoms with Gasteiger partial charge in [0.2, 0.25) is 0 Å². The predicted molar refractivity (Wildman–Crippen MR) is 93.0 cm³/mol. The van der Waals surface area contributed by atoms with E-state index in [0.29, 0.717) is 12.0 Å². The highest BCUT2D eigenvalue weighted by molar-refractivity contribution is 5.07. The Morgan fingerprint density at radius 2 is 1.71 bits per heavy atom. The molecule has 21 heavy (non-hydrogen) atoms. The maximum Gasteiger partial charge on any atom is 0.0107 e. The maximum atomic E-state index is 6.40. The van der Waals surface area contributed by atoms with Crippen molar-refractivity contribution in [1.82, 2.24) is 0 Å². The molecule has 0 amide bonds. The first-order valence-electron chi connectivity index (χ1n) is 9.07. The van der Waals surface area contributed by atoms with Crippen molar-refractivity contribution < 1.29 is 0 Å². The van der Waals surface area contributed by atoms with Gasteiger partial charge in [0, 0.05) is 6.04 Å². The monoisotopic (exact) mass is 289 g/mol. The van der Waals surface area contributed by atoms with Crippen LogP contribution in [0.15, 0.2) is 24.3 Å². The van der Waals surface area contributed by atoms with Crippen LogP contribution in [0, 0.1) is 29.6 Å². The molecule has 1 saturated carbocycles. The number of hydrogen-bond acceptors (Lipinski definition) is 1. The smallest absolute Gasteiger partial charge is 0.0107 e. The summed E-state index contributed by atoms with van der Waals surface area (Å²) in [6.45, 7) is 11.5. The first kappa shape index (κ1) is 16.8. The molecule has 0 aromatic rings. The molecular formula is C20H35N. The topological polar surface area (TPSA) is 26.0 Å². The van der Waals surface area contributed by atoms with Crippen molar-refractivity contribution in [2.45, 2.75) is 71.8 Å². The zero-order chi connectivity index (χ0) is 15.4. The van der Waals surface area contributed by atoms with Gasteiger partial charge in [-0.15, -0.1) is 0 Å². The quantitative estimate of drug-likeness (QED) is 0.681. The third kappa shape index (κ3) is 4.45. The number of allylic oxidation sites excluding steroid dienone is 2. The van der Waals surface area contributed by atoms with Crippen molar-refractivity contribution in [3.05, 3.63) is 24.3 Å². The Morgan fingerprint density at radius 1 is 1.05 bits per heavy atom. The number of nitrogens with two attached hydrogens (primary N) is 1. The molecule has 0 aromatic heterocycles. The van der Waals surface area contributed by atoms with E-state index >= 15 is 0 Å². The Balaban J connectivity index is 1.75. The van der Waals surface area contributed by atoms with Gasteiger partial charge in [-0.2, -0.15) is 0 Å². The van der Waals surface area contributed by atoms with Gasteiger partial charge in [0.1, 0.15) is 0 Å². The van der Waals surface area contributed by atoms with Crippen LogP contribution < -0.4 is 5.73 Å². The van der Waals surface area contributed by atoms with Gasteiger partial charge in [0.15, 0.2) is 0 Å². The van der Waals surface area contributed by atoms with E-state index in [4.69, 9.17) is 5.73 Å². The van der Waals surface area contributed by atoms with E-state index in [1.165, 1.54) is 50.5 Å². The van der Waals surface area contributed by atoms with Crippen LogP contribution in [0.3, 0.4) is 0 Å². The molecule has 2 aliphatic carbocycles. The van der Waals surface area contributed by atoms with E-state index in [0.717, 1.165) is 23.7 Å². The summed E-state index contributed by atoms with van der Waals surface area (Å²) in [6, 6.07) is 0.347. The van der Waals surface area contributed by atoms with Crippen LogP contribution in [-0.2, 0) is 0 Å². The summed E-state index contributed by atoms with van der Waals surface area (Å²) in [4.78, 5) is 0. The highest BCUT2D eigenvalue weighted by Gasteiger charge is 2.32. The van der Waals surface area contributed by atoms with E-state index in [9.17, 15) is 0 Å². The highest BCUT2D eigenvalue weighted by atomic mass is 14.7. The van der Waals surface area contributed by atoms with Gasteiger partial charge in [-0.05, 0) is 74.5 Å². The van der Waals surface area contributed by atoms with Crippen molar-refractivity contribution in [3.8, 4) is 0 Å². The first-order chi connectivity index (χ1) is 9.99. The average Bonchev–Trinajstić information content (AvgIpc) is 2.44. The van der Waals surface area contributed by atoms with Crippen LogP contribution >= 0.6 is 0 Å². The largest absolute Gasteiger partial charge is 0.327 e. The Morgan fingerprint density at radius 3 is 2.43 bits per heavy atom. The molecule has 0 saturated heterocycles. The van der Waals surface area contributed by atoms with E-state index < -0.39 is 0 Å². The molecule has 0 heterocycles. The lowest BCUT2D eigenvalue weighted by Crippen LogP contribution is -2.40. The predicted octanol–water partition coefficient (Wildman–Crippen LogP) is 5.32. The standard InChI is InChI=1S/C20H35N/c1-14-8-5-6-10-18(14)11-7-9-15(2)19-12-16(3)17(4)13-20(19)21/h5-6,14,16-20H,2,7-13,21H2,1,3-4H3. The fourth-order valence-electron chi connectivity index (χ4n) is 4.29. The Kier molecular flexibility index (Phi) is 6.10. The highest BCUT2D eigenvalue weighted by Crippen LogP contribution is 2.38. The minimum Gasteiger partial charge on any atom is -0.327 e. The summed E-state index contributed by atoms with van der Waals surface area (Å²) in [5.74, 6) is 3.90. The van der Waals surface area contributed by atoms with E-state index in [1.807, 2.05) is 0 Å². The van der Waals surface area contributed by atoms with Crippen LogP contribution in [0.25, 0.3) is 0 Å². The van der Waals surface area contributed by atoms with Crippen LogP contribution in [0.2, 0.25) is 0 Å². The summed E-state index contributed by atoms with van der Waals surface area (Å²) >= 11 is 0. The summed E-state index contributed by atoms with van der Waals surface area (Å²) in [6.07, 6.45) is 13.6. The molecule has 0 bridgehead atoms. The molecule has 0 aliphatic heterocycles. The summed E-state index contributed by atoms with van der Waals surface area (Å²) in [7, 11) is 0. The lowest BCUT2D eigenvalue weighted by atomic mass is 9.70. The molecule has 6 unspecified atom stereocenters. The van der Waals surface area contributed by atoms with Crippen LogP contribution in [-0.4, -0.2) is 6.04 Å². The molecule has 0 radical (unpaired) electrons. The molecule has 1 fully saturated rings. The fourth-order valence-corrected chi connectivity index (χ4v) is 4.29. The lowest BCUT2D eigenvalue weighted by molar-refractivity contribution is 0.198. The second-order valence-electron chi connectivity index (χ2n) is 7.93. The molecule has 0 aromatic carbocycles. The molecule has 1 nitrogen and oxygen atoms in total. The summed E-state index contributed by atoms with van der Waals surface area (Å²) < 4.78 is 0. The fraction of sp³-hybridized carbons (Fsp3) is 0.800. The minimum absolute atomic E-state index is 0.347. The molecule has 0 spiro atoms. The van der Waals surface area contributed by atoms with E-state index in [2.05, 4.69) is 39.5 Å². The zero-order valence-electron chi connectivity index (χ0n) is 14.4. The third-order valence-electron chi connectivity index (χ3n) is 6.27. The maximum absolute atomic E-state index is 6.40. The zero-order valence-corrected chi connectivity index (χ0v) is 14.4. The minimum atomic E-state index is 0.347. The van der Waals surface area contributed by atoms with E-state index in [-0.39, 0.29) is 0 Å². The Labute approximate surface area is 132 Å². The van der Waals surface area contributed by atoms with Gasteiger partial charge in [0.25, 0.3) is 0 Å². The van der Waals surface area contributed by atoms with Crippen molar-refractivity contribution in [3.63, 3.8) is 0 Å². The van der Waals surface area contributed by atoms with Crippen molar-refractivity contribution >= 4 is 0 Å². The SMILES string of the molecule is C=C(CCCC1CC=CCC1C)C1CC(C)C(C)CC1N. The second kappa shape index (κ2) is 7.63. The Hall–Kier alpha value is -0.560. The molecule has 1 heteroatoms. The summed E-state index contributed by atoms with van der Waals surface area (Å²) in [5, 5.41) is 0. The van der Waals surface area contributed by atoms with E-state index in [1.54, 1.807) is 0 Å². The van der Waals surface area contributed by atoms with Crippen molar-refractivity contribution in [2.75, 3.05) is 0 Å². The molecule has 2 rings (SSSR count).